The number of carbonyl (C=O) groups excluding carboxylic acids is 3. The van der Waals surface area contributed by atoms with Crippen molar-refractivity contribution in [2.75, 3.05) is 12.4 Å². The highest BCUT2D eigenvalue weighted by atomic mass is 35.5. The fraction of sp³-hybridized carbons (Fsp3) is 0.242. The highest BCUT2D eigenvalue weighted by Gasteiger charge is 2.27. The number of hydrogen-bond donors (Lipinski definition) is 1. The van der Waals surface area contributed by atoms with Crippen molar-refractivity contribution in [2.24, 2.45) is 0 Å². The lowest BCUT2D eigenvalue weighted by molar-refractivity contribution is -0.119. The van der Waals surface area contributed by atoms with Gasteiger partial charge in [0.25, 0.3) is 5.56 Å². The summed E-state index contributed by atoms with van der Waals surface area (Å²) < 4.78 is 25.5. The molecule has 1 unspecified atom stereocenters. The molecule has 9 nitrogen and oxygen atoms in total. The van der Waals surface area contributed by atoms with Crippen molar-refractivity contribution >= 4 is 34.9 Å². The average Bonchev–Trinajstić information content (AvgIpc) is 2.96. The molecule has 0 spiro atoms. The number of aromatic nitrogens is 2. The van der Waals surface area contributed by atoms with Crippen molar-refractivity contribution in [3.05, 3.63) is 111 Å². The molecule has 44 heavy (non-hydrogen) atoms. The first-order valence-corrected chi connectivity index (χ1v) is 14.0. The van der Waals surface area contributed by atoms with Gasteiger partial charge in [-0.05, 0) is 93.4 Å². The summed E-state index contributed by atoms with van der Waals surface area (Å²) in [7, 11) is 1.35. The van der Waals surface area contributed by atoms with Gasteiger partial charge in [-0.15, -0.1) is 5.10 Å². The number of halogens is 2. The number of nitrogens with zero attached hydrogens (tertiary/aromatic N) is 2. The number of anilines is 1. The van der Waals surface area contributed by atoms with Crippen LogP contribution < -0.4 is 15.6 Å². The highest BCUT2D eigenvalue weighted by Crippen LogP contribution is 2.33. The Morgan fingerprint density at radius 1 is 0.977 bits per heavy atom. The lowest BCUT2D eigenvalue weighted by atomic mass is 9.98. The molecule has 0 fully saturated rings. The second-order valence-electron chi connectivity index (χ2n) is 11.0. The monoisotopic (exact) mass is 619 g/mol. The number of nitrogens with one attached hydrogen (secondary N) is 1. The van der Waals surface area contributed by atoms with Gasteiger partial charge in [0.05, 0.1) is 18.2 Å². The topological polar surface area (TPSA) is 117 Å². The number of hydrogen-bond acceptors (Lipinski definition) is 7. The van der Waals surface area contributed by atoms with Crippen molar-refractivity contribution in [1.29, 1.82) is 0 Å². The van der Waals surface area contributed by atoms with E-state index in [4.69, 9.17) is 21.1 Å². The molecule has 0 saturated heterocycles. The maximum Gasteiger partial charge on any atom is 0.338 e. The molecule has 4 aromatic rings. The molecule has 1 aromatic heterocycles. The van der Waals surface area contributed by atoms with E-state index in [1.807, 2.05) is 0 Å². The molecule has 1 heterocycles. The zero-order chi connectivity index (χ0) is 32.2. The molecule has 0 aliphatic heterocycles. The minimum atomic E-state index is -1.20. The number of methoxy groups -OCH3 is 1. The van der Waals surface area contributed by atoms with Crippen LogP contribution in [0.3, 0.4) is 0 Å². The smallest absolute Gasteiger partial charge is 0.338 e. The first-order valence-electron chi connectivity index (χ1n) is 13.6. The Kier molecular flexibility index (Phi) is 9.64. The van der Waals surface area contributed by atoms with Gasteiger partial charge < -0.3 is 14.8 Å². The lowest BCUT2D eigenvalue weighted by Crippen LogP contribution is -2.36. The van der Waals surface area contributed by atoms with Crippen molar-refractivity contribution in [3.8, 4) is 17.0 Å². The fourth-order valence-corrected chi connectivity index (χ4v) is 4.62. The molecule has 0 aliphatic rings. The molecule has 0 radical (unpaired) electrons. The maximum atomic E-state index is 13.7. The molecular weight excluding hydrogens is 589 g/mol. The van der Waals surface area contributed by atoms with Crippen molar-refractivity contribution in [2.45, 2.75) is 45.8 Å². The number of ketones is 1. The summed E-state index contributed by atoms with van der Waals surface area (Å²) in [6, 6.07) is 16.3. The van der Waals surface area contributed by atoms with Crippen LogP contribution in [-0.2, 0) is 16.0 Å². The largest absolute Gasteiger partial charge is 0.480 e. The number of benzene rings is 3. The number of ether oxygens (including phenoxy) is 2. The second-order valence-corrected chi connectivity index (χ2v) is 11.4. The Labute approximate surface area is 258 Å². The van der Waals surface area contributed by atoms with E-state index in [0.29, 0.717) is 33.0 Å². The van der Waals surface area contributed by atoms with E-state index >= 15 is 0 Å². The first-order chi connectivity index (χ1) is 20.8. The number of rotatable bonds is 9. The number of carbonyl (C=O) groups is 3. The van der Waals surface area contributed by atoms with Gasteiger partial charge in [0.1, 0.15) is 17.5 Å². The zero-order valence-corrected chi connectivity index (χ0v) is 25.6. The minimum absolute atomic E-state index is 0.0204. The summed E-state index contributed by atoms with van der Waals surface area (Å²) in [4.78, 5) is 52.0. The SMILES string of the molecule is COc1nn(C(Cc2ccc(F)cc2)C(=O)Nc2ccc(C(=O)OC(C)(C)C)cc2)c(=O)cc1-c1cc(Cl)ccc1C(C)=O. The quantitative estimate of drug-likeness (QED) is 0.173. The van der Waals surface area contributed by atoms with Crippen LogP contribution in [0.4, 0.5) is 10.1 Å². The van der Waals surface area contributed by atoms with Gasteiger partial charge in [0.15, 0.2) is 5.78 Å². The predicted octanol–water partition coefficient (Wildman–Crippen LogP) is 6.29. The van der Waals surface area contributed by atoms with Crippen LogP contribution in [-0.4, -0.2) is 40.2 Å². The minimum Gasteiger partial charge on any atom is -0.480 e. The Morgan fingerprint density at radius 2 is 1.64 bits per heavy atom. The van der Waals surface area contributed by atoms with Crippen LogP contribution in [0.15, 0.2) is 77.6 Å². The maximum absolute atomic E-state index is 13.7. The molecular formula is C33H31ClFN3O6. The predicted molar refractivity (Wildman–Crippen MR) is 165 cm³/mol. The van der Waals surface area contributed by atoms with Gasteiger partial charge in [-0.2, -0.15) is 0 Å². The third-order valence-corrected chi connectivity index (χ3v) is 6.73. The average molecular weight is 620 g/mol. The van der Waals surface area contributed by atoms with Gasteiger partial charge in [0.2, 0.25) is 11.8 Å². The summed E-state index contributed by atoms with van der Waals surface area (Å²) in [6.45, 7) is 6.66. The lowest BCUT2D eigenvalue weighted by Gasteiger charge is -2.21. The van der Waals surface area contributed by atoms with E-state index < -0.39 is 34.9 Å². The first kappa shape index (κ1) is 32.1. The van der Waals surface area contributed by atoms with Crippen LogP contribution >= 0.6 is 11.6 Å². The molecule has 3 aromatic carbocycles. The third kappa shape index (κ3) is 7.76. The normalized spacial score (nSPS) is 11.9. The Bertz CT molecular complexity index is 1760. The van der Waals surface area contributed by atoms with Crippen LogP contribution in [0.25, 0.3) is 11.1 Å². The molecule has 0 bridgehead atoms. The highest BCUT2D eigenvalue weighted by molar-refractivity contribution is 6.31. The second kappa shape index (κ2) is 13.2. The Morgan fingerprint density at radius 3 is 2.23 bits per heavy atom. The summed E-state index contributed by atoms with van der Waals surface area (Å²) in [5.74, 6) is -1.85. The van der Waals surface area contributed by atoms with Crippen molar-refractivity contribution in [1.82, 2.24) is 9.78 Å². The van der Waals surface area contributed by atoms with E-state index in [1.165, 1.54) is 74.7 Å². The van der Waals surface area contributed by atoms with Gasteiger partial charge in [-0.3, -0.25) is 14.4 Å². The zero-order valence-electron chi connectivity index (χ0n) is 24.8. The van der Waals surface area contributed by atoms with Crippen molar-refractivity contribution in [3.63, 3.8) is 0 Å². The summed E-state index contributed by atoms with van der Waals surface area (Å²) in [6.07, 6.45) is -0.0205. The molecule has 0 saturated carbocycles. The molecule has 4 rings (SSSR count). The number of Topliss-reactive ketones (excluding diaryl/α,β-unsaturated/α-hetero) is 1. The van der Waals surface area contributed by atoms with Gasteiger partial charge >= 0.3 is 5.97 Å². The van der Waals surface area contributed by atoms with E-state index in [2.05, 4.69) is 10.4 Å². The van der Waals surface area contributed by atoms with Gasteiger partial charge in [-0.1, -0.05) is 23.7 Å². The van der Waals surface area contributed by atoms with Crippen LogP contribution in [0.5, 0.6) is 5.88 Å². The molecule has 1 atom stereocenters. The number of amides is 1. The third-order valence-electron chi connectivity index (χ3n) is 6.49. The number of esters is 1. The standard InChI is InChI=1S/C33H31ClFN3O6/c1-19(39)25-15-10-22(34)17-26(25)27-18-29(40)38(37-31(27)43-5)28(16-20-6-11-23(35)12-7-20)30(41)36-24-13-8-21(9-14-24)32(42)44-33(2,3)4/h6-15,17-18,28H,16H2,1-5H3,(H,36,41). The van der Waals surface area contributed by atoms with Crippen LogP contribution in [0.1, 0.15) is 60.0 Å². The molecule has 1 amide bonds. The fourth-order valence-electron chi connectivity index (χ4n) is 4.45. The van der Waals surface area contributed by atoms with E-state index in [9.17, 15) is 23.6 Å². The molecule has 228 valence electrons. The van der Waals surface area contributed by atoms with E-state index in [0.717, 1.165) is 4.68 Å². The van der Waals surface area contributed by atoms with Crippen molar-refractivity contribution < 1.29 is 28.2 Å². The molecule has 0 aliphatic carbocycles. The van der Waals surface area contributed by atoms with E-state index in [-0.39, 0.29) is 23.6 Å². The van der Waals surface area contributed by atoms with Gasteiger partial charge in [0, 0.05) is 28.8 Å². The van der Waals surface area contributed by atoms with Gasteiger partial charge in [-0.25, -0.2) is 13.9 Å². The summed E-state index contributed by atoms with van der Waals surface area (Å²) in [5.41, 5.74) is 0.771. The molecule has 11 heteroatoms. The Hall–Kier alpha value is -4.83. The van der Waals surface area contributed by atoms with Crippen LogP contribution in [0, 0.1) is 5.82 Å². The summed E-state index contributed by atoms with van der Waals surface area (Å²) in [5, 5.41) is 7.47. The van der Waals surface area contributed by atoms with Crippen LogP contribution in [0.2, 0.25) is 5.02 Å². The van der Waals surface area contributed by atoms with E-state index in [1.54, 1.807) is 32.9 Å². The Balaban J connectivity index is 1.73. The summed E-state index contributed by atoms with van der Waals surface area (Å²) >= 11 is 6.20. The molecule has 1 N–H and O–H groups in total.